The van der Waals surface area contributed by atoms with E-state index in [1.807, 2.05) is 20.0 Å². The SMILES string of the molecule is CCNC(=NCc1ncc(C)s1)NCCN1CCCS1(=O)=O. The summed E-state index contributed by atoms with van der Waals surface area (Å²) in [5, 5.41) is 7.29. The summed E-state index contributed by atoms with van der Waals surface area (Å²) in [5.74, 6) is 0.955. The number of nitrogens with zero attached hydrogens (tertiary/aromatic N) is 3. The molecule has 1 aliphatic heterocycles. The fourth-order valence-electron chi connectivity index (χ4n) is 2.20. The second kappa shape index (κ2) is 7.89. The summed E-state index contributed by atoms with van der Waals surface area (Å²) in [7, 11) is -3.03. The standard InChI is InChI=1S/C13H23N5O2S2/c1-3-14-13(17-10-12-16-9-11(2)21-12)15-5-7-18-6-4-8-22(18,19)20/h9H,3-8,10H2,1-2H3,(H2,14,15,17). The molecule has 1 fully saturated rings. The number of hydrogen-bond acceptors (Lipinski definition) is 5. The highest BCUT2D eigenvalue weighted by Crippen LogP contribution is 2.12. The number of thiazole rings is 1. The topological polar surface area (TPSA) is 86.7 Å². The van der Waals surface area contributed by atoms with Gasteiger partial charge in [0.2, 0.25) is 10.0 Å². The van der Waals surface area contributed by atoms with Crippen LogP contribution in [-0.4, -0.2) is 55.6 Å². The molecule has 22 heavy (non-hydrogen) atoms. The summed E-state index contributed by atoms with van der Waals surface area (Å²) in [6.07, 6.45) is 2.56. The molecular weight excluding hydrogens is 322 g/mol. The maximum atomic E-state index is 11.7. The maximum Gasteiger partial charge on any atom is 0.214 e. The molecule has 0 aromatic carbocycles. The molecule has 0 saturated carbocycles. The highest BCUT2D eigenvalue weighted by Gasteiger charge is 2.27. The van der Waals surface area contributed by atoms with Crippen LogP contribution in [0.15, 0.2) is 11.2 Å². The number of hydrogen-bond donors (Lipinski definition) is 2. The van der Waals surface area contributed by atoms with E-state index in [1.165, 1.54) is 9.18 Å². The normalized spacial score (nSPS) is 18.5. The highest BCUT2D eigenvalue weighted by atomic mass is 32.2. The number of rotatable bonds is 6. The molecule has 1 aliphatic rings. The van der Waals surface area contributed by atoms with Crippen molar-refractivity contribution in [2.45, 2.75) is 26.8 Å². The number of aryl methyl sites for hydroxylation is 1. The molecule has 0 amide bonds. The number of aromatic nitrogens is 1. The smallest absolute Gasteiger partial charge is 0.214 e. The van der Waals surface area contributed by atoms with E-state index in [1.54, 1.807) is 11.3 Å². The molecule has 0 bridgehead atoms. The highest BCUT2D eigenvalue weighted by molar-refractivity contribution is 7.89. The van der Waals surface area contributed by atoms with Gasteiger partial charge in [0, 0.05) is 37.3 Å². The Morgan fingerprint density at radius 3 is 2.91 bits per heavy atom. The van der Waals surface area contributed by atoms with Gasteiger partial charge in [0.1, 0.15) is 5.01 Å². The van der Waals surface area contributed by atoms with Gasteiger partial charge in [-0.2, -0.15) is 0 Å². The number of sulfonamides is 1. The minimum Gasteiger partial charge on any atom is -0.357 e. The fraction of sp³-hybridized carbons (Fsp3) is 0.692. The molecule has 0 aliphatic carbocycles. The molecule has 1 saturated heterocycles. The Labute approximate surface area is 135 Å². The Bertz CT molecular complexity index is 612. The molecule has 0 radical (unpaired) electrons. The zero-order valence-electron chi connectivity index (χ0n) is 13.0. The minimum atomic E-state index is -3.03. The summed E-state index contributed by atoms with van der Waals surface area (Å²) in [6, 6.07) is 0. The van der Waals surface area contributed by atoms with Crippen molar-refractivity contribution in [1.29, 1.82) is 0 Å². The third kappa shape index (κ3) is 4.92. The van der Waals surface area contributed by atoms with Crippen LogP contribution in [0.25, 0.3) is 0 Å². The molecule has 124 valence electrons. The first-order valence-electron chi connectivity index (χ1n) is 7.42. The van der Waals surface area contributed by atoms with Gasteiger partial charge in [-0.1, -0.05) is 0 Å². The second-order valence-electron chi connectivity index (χ2n) is 5.06. The minimum absolute atomic E-state index is 0.268. The average molecular weight is 345 g/mol. The van der Waals surface area contributed by atoms with E-state index in [2.05, 4.69) is 20.6 Å². The Kier molecular flexibility index (Phi) is 6.16. The van der Waals surface area contributed by atoms with Crippen LogP contribution in [0.1, 0.15) is 23.2 Å². The van der Waals surface area contributed by atoms with Crippen LogP contribution >= 0.6 is 11.3 Å². The van der Waals surface area contributed by atoms with Crippen LogP contribution in [0.2, 0.25) is 0 Å². The molecule has 7 nitrogen and oxygen atoms in total. The van der Waals surface area contributed by atoms with Crippen molar-refractivity contribution < 1.29 is 8.42 Å². The van der Waals surface area contributed by atoms with Crippen molar-refractivity contribution in [2.75, 3.05) is 31.9 Å². The van der Waals surface area contributed by atoms with Crippen molar-refractivity contribution in [1.82, 2.24) is 19.9 Å². The van der Waals surface area contributed by atoms with Crippen molar-refractivity contribution in [3.8, 4) is 0 Å². The molecule has 2 rings (SSSR count). The Balaban J connectivity index is 1.83. The lowest BCUT2D eigenvalue weighted by Gasteiger charge is -2.16. The van der Waals surface area contributed by atoms with Crippen LogP contribution in [0, 0.1) is 6.92 Å². The first-order chi connectivity index (χ1) is 10.5. The van der Waals surface area contributed by atoms with Crippen LogP contribution in [-0.2, 0) is 16.6 Å². The average Bonchev–Trinajstić information content (AvgIpc) is 3.02. The predicted molar refractivity (Wildman–Crippen MR) is 89.6 cm³/mol. The third-order valence-electron chi connectivity index (χ3n) is 3.24. The van der Waals surface area contributed by atoms with Gasteiger partial charge in [0.15, 0.2) is 5.96 Å². The molecule has 1 aromatic rings. The molecule has 0 spiro atoms. The van der Waals surface area contributed by atoms with E-state index >= 15 is 0 Å². The quantitative estimate of drug-likeness (QED) is 0.580. The molecular formula is C13H23N5O2S2. The first kappa shape index (κ1) is 17.2. The monoisotopic (exact) mass is 345 g/mol. The summed E-state index contributed by atoms with van der Waals surface area (Å²) in [4.78, 5) is 9.92. The fourth-order valence-corrected chi connectivity index (χ4v) is 4.44. The lowest BCUT2D eigenvalue weighted by molar-refractivity contribution is 0.445. The van der Waals surface area contributed by atoms with Gasteiger partial charge in [-0.3, -0.25) is 0 Å². The largest absolute Gasteiger partial charge is 0.357 e. The van der Waals surface area contributed by atoms with Crippen molar-refractivity contribution >= 4 is 27.3 Å². The predicted octanol–water partition coefficient (Wildman–Crippen LogP) is 0.542. The van der Waals surface area contributed by atoms with E-state index in [4.69, 9.17) is 0 Å². The third-order valence-corrected chi connectivity index (χ3v) is 6.10. The molecule has 2 N–H and O–H groups in total. The van der Waals surface area contributed by atoms with Crippen LogP contribution in [0.4, 0.5) is 0 Å². The maximum absolute atomic E-state index is 11.7. The van der Waals surface area contributed by atoms with Crippen LogP contribution < -0.4 is 10.6 Å². The zero-order chi connectivity index (χ0) is 16.0. The van der Waals surface area contributed by atoms with Crippen LogP contribution in [0.5, 0.6) is 0 Å². The number of guanidine groups is 1. The van der Waals surface area contributed by atoms with E-state index < -0.39 is 10.0 Å². The molecule has 0 atom stereocenters. The lowest BCUT2D eigenvalue weighted by Crippen LogP contribution is -2.42. The summed E-state index contributed by atoms with van der Waals surface area (Å²) >= 11 is 1.63. The van der Waals surface area contributed by atoms with Gasteiger partial charge in [-0.05, 0) is 20.3 Å². The molecule has 1 aromatic heterocycles. The second-order valence-corrected chi connectivity index (χ2v) is 8.46. The first-order valence-corrected chi connectivity index (χ1v) is 9.85. The molecule has 9 heteroatoms. The van der Waals surface area contributed by atoms with Gasteiger partial charge in [0.05, 0.1) is 12.3 Å². The van der Waals surface area contributed by atoms with Crippen molar-refractivity contribution in [3.05, 3.63) is 16.1 Å². The molecule has 2 heterocycles. The Morgan fingerprint density at radius 2 is 2.32 bits per heavy atom. The van der Waals surface area contributed by atoms with Gasteiger partial charge >= 0.3 is 0 Å². The van der Waals surface area contributed by atoms with E-state index in [0.29, 0.717) is 32.1 Å². The lowest BCUT2D eigenvalue weighted by atomic mass is 10.5. The van der Waals surface area contributed by atoms with Gasteiger partial charge < -0.3 is 10.6 Å². The summed E-state index contributed by atoms with van der Waals surface area (Å²) in [5.41, 5.74) is 0. The van der Waals surface area contributed by atoms with E-state index in [-0.39, 0.29) is 5.75 Å². The van der Waals surface area contributed by atoms with E-state index in [0.717, 1.165) is 18.0 Å². The van der Waals surface area contributed by atoms with E-state index in [9.17, 15) is 8.42 Å². The van der Waals surface area contributed by atoms with Crippen molar-refractivity contribution in [3.63, 3.8) is 0 Å². The molecule has 0 unspecified atom stereocenters. The summed E-state index contributed by atoms with van der Waals surface area (Å²) in [6.45, 7) is 6.93. The van der Waals surface area contributed by atoms with Gasteiger partial charge in [0.25, 0.3) is 0 Å². The van der Waals surface area contributed by atoms with Crippen molar-refractivity contribution in [2.24, 2.45) is 4.99 Å². The summed E-state index contributed by atoms with van der Waals surface area (Å²) < 4.78 is 25.0. The number of aliphatic imine (C=N–C) groups is 1. The van der Waals surface area contributed by atoms with Crippen LogP contribution in [0.3, 0.4) is 0 Å². The Morgan fingerprint density at radius 1 is 1.50 bits per heavy atom. The van der Waals surface area contributed by atoms with Gasteiger partial charge in [-0.25, -0.2) is 22.7 Å². The number of nitrogens with one attached hydrogen (secondary N) is 2. The zero-order valence-corrected chi connectivity index (χ0v) is 14.6. The van der Waals surface area contributed by atoms with Gasteiger partial charge in [-0.15, -0.1) is 11.3 Å². The Hall–Kier alpha value is -1.19.